The van der Waals surface area contributed by atoms with Crippen molar-refractivity contribution >= 4 is 5.82 Å². The van der Waals surface area contributed by atoms with Gasteiger partial charge in [-0.1, -0.05) is 25.3 Å². The Kier molecular flexibility index (Phi) is 3.84. The quantitative estimate of drug-likeness (QED) is 0.841. The van der Waals surface area contributed by atoms with E-state index in [1.165, 1.54) is 6.42 Å². The number of rotatable bonds is 4. The topological polar surface area (TPSA) is 54.4 Å². The summed E-state index contributed by atoms with van der Waals surface area (Å²) in [6.07, 6.45) is 5.59. The van der Waals surface area contributed by atoms with Crippen molar-refractivity contribution in [1.29, 1.82) is 0 Å². The Morgan fingerprint density at radius 2 is 2.12 bits per heavy atom. The van der Waals surface area contributed by atoms with Crippen LogP contribution in [0.4, 0.5) is 5.82 Å². The van der Waals surface area contributed by atoms with Crippen LogP contribution in [0, 0.1) is 0 Å². The lowest BCUT2D eigenvalue weighted by Crippen LogP contribution is -2.44. The molecule has 0 amide bonds. The molecule has 2 rings (SSSR count). The minimum absolute atomic E-state index is 0.159. The fourth-order valence-electron chi connectivity index (χ4n) is 2.42. The Labute approximate surface area is 102 Å². The molecule has 1 aliphatic carbocycles. The fraction of sp³-hybridized carbons (Fsp3) is 0.615. The maximum atomic E-state index is 9.61. The van der Waals surface area contributed by atoms with Crippen LogP contribution in [0.15, 0.2) is 18.2 Å². The van der Waals surface area contributed by atoms with Crippen molar-refractivity contribution < 1.29 is 9.84 Å². The second kappa shape index (κ2) is 5.36. The maximum Gasteiger partial charge on any atom is 0.214 e. The first-order chi connectivity index (χ1) is 8.28. The van der Waals surface area contributed by atoms with Gasteiger partial charge in [-0.25, -0.2) is 0 Å². The minimum atomic E-state index is -0.197. The van der Waals surface area contributed by atoms with E-state index in [4.69, 9.17) is 4.74 Å². The summed E-state index contributed by atoms with van der Waals surface area (Å²) in [6.45, 7) is 0.159. The lowest BCUT2D eigenvalue weighted by Gasteiger charge is -2.36. The van der Waals surface area contributed by atoms with Crippen molar-refractivity contribution in [2.75, 3.05) is 19.0 Å². The molecule has 0 unspecified atom stereocenters. The minimum Gasteiger partial charge on any atom is -0.481 e. The molecule has 1 aromatic heterocycles. The molecule has 4 nitrogen and oxygen atoms in total. The average Bonchev–Trinajstić information content (AvgIpc) is 2.40. The number of aliphatic hydroxyl groups excluding tert-OH is 1. The van der Waals surface area contributed by atoms with Crippen LogP contribution in [-0.4, -0.2) is 29.3 Å². The van der Waals surface area contributed by atoms with Gasteiger partial charge in [0.1, 0.15) is 5.82 Å². The number of pyridine rings is 1. The molecule has 4 heteroatoms. The molecule has 17 heavy (non-hydrogen) atoms. The molecule has 0 saturated heterocycles. The molecule has 2 N–H and O–H groups in total. The van der Waals surface area contributed by atoms with E-state index in [-0.39, 0.29) is 12.1 Å². The number of aromatic nitrogens is 1. The highest BCUT2D eigenvalue weighted by Gasteiger charge is 2.31. The summed E-state index contributed by atoms with van der Waals surface area (Å²) in [7, 11) is 1.61. The smallest absolute Gasteiger partial charge is 0.214 e. The third kappa shape index (κ3) is 2.88. The summed E-state index contributed by atoms with van der Waals surface area (Å²) in [5, 5.41) is 13.0. The van der Waals surface area contributed by atoms with Gasteiger partial charge in [-0.2, -0.15) is 4.98 Å². The van der Waals surface area contributed by atoms with Crippen molar-refractivity contribution in [3.05, 3.63) is 18.2 Å². The van der Waals surface area contributed by atoms with Crippen LogP contribution in [0.25, 0.3) is 0 Å². The Bertz CT molecular complexity index is 362. The van der Waals surface area contributed by atoms with E-state index in [0.29, 0.717) is 5.88 Å². The third-order valence-corrected chi connectivity index (χ3v) is 3.44. The van der Waals surface area contributed by atoms with E-state index >= 15 is 0 Å². The zero-order valence-electron chi connectivity index (χ0n) is 10.3. The molecule has 0 radical (unpaired) electrons. The van der Waals surface area contributed by atoms with Gasteiger partial charge in [0.25, 0.3) is 0 Å². The van der Waals surface area contributed by atoms with E-state index in [1.807, 2.05) is 18.2 Å². The molecule has 1 aromatic rings. The van der Waals surface area contributed by atoms with Gasteiger partial charge in [-0.05, 0) is 18.9 Å². The second-order valence-electron chi connectivity index (χ2n) is 4.69. The number of aliphatic hydroxyl groups is 1. The van der Waals surface area contributed by atoms with Crippen molar-refractivity contribution in [1.82, 2.24) is 4.98 Å². The van der Waals surface area contributed by atoms with Crippen LogP contribution in [0.1, 0.15) is 32.1 Å². The van der Waals surface area contributed by atoms with Crippen LogP contribution in [0.3, 0.4) is 0 Å². The first kappa shape index (κ1) is 12.2. The number of ether oxygens (including phenoxy) is 1. The summed E-state index contributed by atoms with van der Waals surface area (Å²) in [6, 6.07) is 5.63. The summed E-state index contributed by atoms with van der Waals surface area (Å²) in [5.74, 6) is 1.37. The van der Waals surface area contributed by atoms with Crippen molar-refractivity contribution in [3.8, 4) is 5.88 Å². The van der Waals surface area contributed by atoms with Gasteiger partial charge in [0, 0.05) is 6.07 Å². The van der Waals surface area contributed by atoms with Crippen LogP contribution in [-0.2, 0) is 0 Å². The highest BCUT2D eigenvalue weighted by molar-refractivity contribution is 5.40. The van der Waals surface area contributed by atoms with E-state index in [2.05, 4.69) is 10.3 Å². The number of hydrogen-bond donors (Lipinski definition) is 2. The number of anilines is 1. The number of nitrogens with zero attached hydrogens (tertiary/aromatic N) is 1. The molecule has 0 atom stereocenters. The molecular weight excluding hydrogens is 216 g/mol. The Balaban J connectivity index is 2.11. The predicted octanol–water partition coefficient (Wildman–Crippen LogP) is 2.20. The molecule has 0 spiro atoms. The average molecular weight is 236 g/mol. The van der Waals surface area contributed by atoms with Gasteiger partial charge in [0.15, 0.2) is 0 Å². The first-order valence-electron chi connectivity index (χ1n) is 6.18. The lowest BCUT2D eigenvalue weighted by atomic mass is 9.82. The Morgan fingerprint density at radius 1 is 1.35 bits per heavy atom. The normalized spacial score (nSPS) is 18.7. The molecule has 1 fully saturated rings. The van der Waals surface area contributed by atoms with Gasteiger partial charge in [0.2, 0.25) is 5.88 Å². The van der Waals surface area contributed by atoms with Crippen LogP contribution >= 0.6 is 0 Å². The fourth-order valence-corrected chi connectivity index (χ4v) is 2.42. The van der Waals surface area contributed by atoms with E-state index in [0.717, 1.165) is 31.5 Å². The summed E-state index contributed by atoms with van der Waals surface area (Å²) >= 11 is 0. The van der Waals surface area contributed by atoms with Crippen molar-refractivity contribution in [2.24, 2.45) is 0 Å². The van der Waals surface area contributed by atoms with Crippen LogP contribution in [0.2, 0.25) is 0 Å². The molecule has 1 saturated carbocycles. The zero-order valence-corrected chi connectivity index (χ0v) is 10.3. The Hall–Kier alpha value is -1.29. The van der Waals surface area contributed by atoms with Crippen molar-refractivity contribution in [2.45, 2.75) is 37.6 Å². The van der Waals surface area contributed by atoms with Gasteiger partial charge < -0.3 is 15.2 Å². The predicted molar refractivity (Wildman–Crippen MR) is 67.3 cm³/mol. The van der Waals surface area contributed by atoms with Gasteiger partial charge in [-0.15, -0.1) is 0 Å². The third-order valence-electron chi connectivity index (χ3n) is 3.44. The summed E-state index contributed by atoms with van der Waals surface area (Å²) in [4.78, 5) is 4.33. The molecule has 0 aliphatic heterocycles. The van der Waals surface area contributed by atoms with E-state index in [1.54, 1.807) is 7.11 Å². The highest BCUT2D eigenvalue weighted by atomic mass is 16.5. The molecule has 94 valence electrons. The Morgan fingerprint density at radius 3 is 2.76 bits per heavy atom. The first-order valence-corrected chi connectivity index (χ1v) is 6.18. The second-order valence-corrected chi connectivity index (χ2v) is 4.69. The number of nitrogens with one attached hydrogen (secondary N) is 1. The number of hydrogen-bond acceptors (Lipinski definition) is 4. The molecule has 1 heterocycles. The summed E-state index contributed by atoms with van der Waals surface area (Å²) in [5.41, 5.74) is -0.197. The monoisotopic (exact) mass is 236 g/mol. The molecular formula is C13H20N2O2. The zero-order chi connectivity index (χ0) is 12.1. The maximum absolute atomic E-state index is 9.61. The van der Waals surface area contributed by atoms with Crippen LogP contribution < -0.4 is 10.1 Å². The van der Waals surface area contributed by atoms with Crippen molar-refractivity contribution in [3.63, 3.8) is 0 Å². The van der Waals surface area contributed by atoms with Gasteiger partial charge in [-0.3, -0.25) is 0 Å². The SMILES string of the molecule is COc1cccc(NC2(CO)CCCCC2)n1. The number of methoxy groups -OCH3 is 1. The lowest BCUT2D eigenvalue weighted by molar-refractivity contribution is 0.172. The largest absolute Gasteiger partial charge is 0.481 e. The molecule has 0 aromatic carbocycles. The summed E-state index contributed by atoms with van der Waals surface area (Å²) < 4.78 is 5.10. The highest BCUT2D eigenvalue weighted by Crippen LogP contribution is 2.31. The van der Waals surface area contributed by atoms with E-state index < -0.39 is 0 Å². The standard InChI is InChI=1S/C13H20N2O2/c1-17-12-7-5-6-11(14-12)15-13(10-16)8-3-2-4-9-13/h5-7,16H,2-4,8-10H2,1H3,(H,14,15). The van der Waals surface area contributed by atoms with Gasteiger partial charge >= 0.3 is 0 Å². The molecule has 0 bridgehead atoms. The van der Waals surface area contributed by atoms with Gasteiger partial charge in [0.05, 0.1) is 19.3 Å². The molecule has 1 aliphatic rings. The van der Waals surface area contributed by atoms with E-state index in [9.17, 15) is 5.11 Å². The van der Waals surface area contributed by atoms with Crippen LogP contribution in [0.5, 0.6) is 5.88 Å².